The van der Waals surface area contributed by atoms with E-state index in [2.05, 4.69) is 31.3 Å². The third kappa shape index (κ3) is 15.5. The number of amides is 6. The molecule has 2 saturated heterocycles. The maximum Gasteiger partial charge on any atom is 0.326 e. The molecule has 0 spiro atoms. The van der Waals surface area contributed by atoms with Crippen molar-refractivity contribution in [3.63, 3.8) is 0 Å². The molecule has 0 aromatic heterocycles. The van der Waals surface area contributed by atoms with Crippen molar-refractivity contribution in [2.45, 2.75) is 88.4 Å². The number of piperidine rings is 2. The van der Waals surface area contributed by atoms with Gasteiger partial charge in [0.1, 0.15) is 24.2 Å². The molecule has 0 saturated carbocycles. The monoisotopic (exact) mass is 861 g/mol. The Hall–Kier alpha value is -7.17. The molecule has 2 fully saturated rings. The summed E-state index contributed by atoms with van der Waals surface area (Å²) in [5.74, 6) is -9.96. The van der Waals surface area contributed by atoms with Gasteiger partial charge in [-0.3, -0.25) is 19.2 Å². The Morgan fingerprint density at radius 3 is 1.20 bits per heavy atom. The van der Waals surface area contributed by atoms with E-state index in [0.717, 1.165) is 0 Å². The molecule has 4 atom stereocenters. The average Bonchev–Trinajstić information content (AvgIpc) is 3.20. The number of azide groups is 1. The fourth-order valence-corrected chi connectivity index (χ4v) is 6.95. The first kappa shape index (κ1) is 48.2. The molecule has 0 radical (unpaired) electrons. The first-order valence-corrected chi connectivity index (χ1v) is 19.0. The van der Waals surface area contributed by atoms with Crippen molar-refractivity contribution in [2.75, 3.05) is 26.2 Å². The molecular formula is C36H47N9O16. The highest BCUT2D eigenvalue weighted by atomic mass is 16.4. The standard InChI is InChI=1S/C36H47N9O16/c37-43-42-22-16-20(29(50)44-9-5-18(6-10-44)13-25(33(56)57)40-35(60)38-23(31(52)53)1-3-27(46)47)15-21(17-22)30(51)45-11-7-19(8-12-45)14-26(34(58)59)41-36(61)39-24(32(54)55)2-4-28(48)49/h15-19,23-26H,1-14H2,(H,46,47)(H,48,49)(H,52,53)(H,54,55)(H,56,57)(H,58,59)(H2,38,40,60)(H2,39,41,61)/t23-,24?,25-,26+/m0/s1. The molecule has 25 nitrogen and oxygen atoms in total. The van der Waals surface area contributed by atoms with Crippen LogP contribution in [0.2, 0.25) is 0 Å². The summed E-state index contributed by atoms with van der Waals surface area (Å²) in [6.07, 6.45) is -0.835. The molecule has 3 rings (SSSR count). The van der Waals surface area contributed by atoms with E-state index in [0.29, 0.717) is 25.7 Å². The second-order valence-corrected chi connectivity index (χ2v) is 14.6. The van der Waals surface area contributed by atoms with E-state index in [1.54, 1.807) is 0 Å². The van der Waals surface area contributed by atoms with E-state index in [1.165, 1.54) is 28.0 Å². The van der Waals surface area contributed by atoms with Crippen molar-refractivity contribution in [1.82, 2.24) is 31.1 Å². The molecule has 0 aliphatic carbocycles. The number of rotatable bonds is 21. The maximum absolute atomic E-state index is 13.7. The molecule has 332 valence electrons. The van der Waals surface area contributed by atoms with Crippen LogP contribution in [-0.2, 0) is 28.8 Å². The summed E-state index contributed by atoms with van der Waals surface area (Å²) in [6, 6.07) is -4.27. The third-order valence-electron chi connectivity index (χ3n) is 10.2. The zero-order chi connectivity index (χ0) is 45.4. The number of carbonyl (C=O) groups excluding carboxylic acids is 4. The number of aliphatic carboxylic acids is 6. The van der Waals surface area contributed by atoms with Crippen molar-refractivity contribution >= 4 is 65.4 Å². The van der Waals surface area contributed by atoms with Gasteiger partial charge in [0.2, 0.25) is 0 Å². The maximum atomic E-state index is 13.7. The van der Waals surface area contributed by atoms with Crippen LogP contribution in [0.25, 0.3) is 10.4 Å². The summed E-state index contributed by atoms with van der Waals surface area (Å²) < 4.78 is 0. The van der Waals surface area contributed by atoms with Gasteiger partial charge in [0.25, 0.3) is 11.8 Å². The van der Waals surface area contributed by atoms with Crippen LogP contribution in [0.1, 0.15) is 84.9 Å². The summed E-state index contributed by atoms with van der Waals surface area (Å²) in [4.78, 5) is 126. The largest absolute Gasteiger partial charge is 0.481 e. The molecule has 1 aromatic rings. The highest BCUT2D eigenvalue weighted by Gasteiger charge is 2.33. The Balaban J connectivity index is 1.59. The van der Waals surface area contributed by atoms with Crippen LogP contribution in [-0.4, -0.2) is 150 Å². The first-order valence-electron chi connectivity index (χ1n) is 19.0. The summed E-state index contributed by atoms with van der Waals surface area (Å²) in [5.41, 5.74) is 9.15. The van der Waals surface area contributed by atoms with Crippen molar-refractivity contribution in [1.29, 1.82) is 0 Å². The lowest BCUT2D eigenvalue weighted by atomic mass is 9.89. The zero-order valence-electron chi connectivity index (χ0n) is 32.6. The smallest absolute Gasteiger partial charge is 0.326 e. The number of carboxylic acids is 6. The predicted octanol–water partition coefficient (Wildman–Crippen LogP) is 1.25. The van der Waals surface area contributed by atoms with Crippen LogP contribution in [0.3, 0.4) is 0 Å². The second-order valence-electron chi connectivity index (χ2n) is 14.6. The highest BCUT2D eigenvalue weighted by molar-refractivity contribution is 6.01. The minimum absolute atomic E-state index is 0.0232. The van der Waals surface area contributed by atoms with Crippen molar-refractivity contribution < 1.29 is 78.6 Å². The fourth-order valence-electron chi connectivity index (χ4n) is 6.95. The van der Waals surface area contributed by atoms with Gasteiger partial charge in [-0.2, -0.15) is 0 Å². The lowest BCUT2D eigenvalue weighted by Crippen LogP contribution is -2.52. The number of carbonyl (C=O) groups is 10. The molecule has 25 heteroatoms. The van der Waals surface area contributed by atoms with E-state index < -0.39 is 110 Å². The molecule has 10 N–H and O–H groups in total. The number of hydrogen-bond donors (Lipinski definition) is 10. The molecule has 1 aromatic carbocycles. The summed E-state index contributed by atoms with van der Waals surface area (Å²) in [7, 11) is 0. The Morgan fingerprint density at radius 1 is 0.574 bits per heavy atom. The summed E-state index contributed by atoms with van der Waals surface area (Å²) in [5, 5.41) is 67.8. The van der Waals surface area contributed by atoms with Gasteiger partial charge in [-0.25, -0.2) is 28.8 Å². The quantitative estimate of drug-likeness (QED) is 0.0472. The van der Waals surface area contributed by atoms with Gasteiger partial charge in [-0.05, 0) is 86.9 Å². The molecule has 6 amide bonds. The van der Waals surface area contributed by atoms with Crippen molar-refractivity contribution in [3.05, 3.63) is 39.8 Å². The van der Waals surface area contributed by atoms with E-state index in [4.69, 9.17) is 15.7 Å². The van der Waals surface area contributed by atoms with Gasteiger partial charge < -0.3 is 61.7 Å². The van der Waals surface area contributed by atoms with Crippen LogP contribution in [0.15, 0.2) is 23.3 Å². The molecule has 2 heterocycles. The predicted molar refractivity (Wildman–Crippen MR) is 205 cm³/mol. The second kappa shape index (κ2) is 22.8. The van der Waals surface area contributed by atoms with Crippen LogP contribution in [0.4, 0.5) is 15.3 Å². The number of urea groups is 2. The SMILES string of the molecule is [N-]=[N+]=Nc1cc(C(=O)N2CCC(C[C@H](NC(=O)N[C@@H](CCC(=O)O)C(=O)O)C(=O)O)CC2)cc(C(=O)N2CCC(C[C@@H](NC(=O)NC(CCC(=O)O)C(=O)O)C(=O)O)CC2)c1. The van der Waals surface area contributed by atoms with E-state index in [1.807, 2.05) is 0 Å². The number of nitrogens with zero attached hydrogens (tertiary/aromatic N) is 5. The average molecular weight is 862 g/mol. The number of benzene rings is 1. The Kier molecular flexibility index (Phi) is 18.0. The Morgan fingerprint density at radius 2 is 0.902 bits per heavy atom. The van der Waals surface area contributed by atoms with Crippen LogP contribution in [0.5, 0.6) is 0 Å². The van der Waals surface area contributed by atoms with Gasteiger partial charge in [0.05, 0.1) is 0 Å². The van der Waals surface area contributed by atoms with Gasteiger partial charge in [0, 0.05) is 60.7 Å². The summed E-state index contributed by atoms with van der Waals surface area (Å²) in [6.45, 7) is 0.609. The molecule has 2 aliphatic rings. The van der Waals surface area contributed by atoms with E-state index >= 15 is 0 Å². The number of hydrogen-bond acceptors (Lipinski definition) is 11. The number of likely N-dealkylation sites (tertiary alicyclic amines) is 2. The lowest BCUT2D eigenvalue weighted by molar-refractivity contribution is -0.142. The van der Waals surface area contributed by atoms with Crippen molar-refractivity contribution in [3.8, 4) is 0 Å². The first-order chi connectivity index (χ1) is 28.8. The van der Waals surface area contributed by atoms with Crippen LogP contribution < -0.4 is 21.3 Å². The highest BCUT2D eigenvalue weighted by Crippen LogP contribution is 2.28. The minimum Gasteiger partial charge on any atom is -0.481 e. The van der Waals surface area contributed by atoms with E-state index in [9.17, 15) is 68.4 Å². The molecule has 61 heavy (non-hydrogen) atoms. The van der Waals surface area contributed by atoms with Gasteiger partial charge in [-0.15, -0.1) is 0 Å². The molecule has 1 unspecified atom stereocenters. The van der Waals surface area contributed by atoms with E-state index in [-0.39, 0.29) is 67.7 Å². The lowest BCUT2D eigenvalue weighted by Gasteiger charge is -2.34. The zero-order valence-corrected chi connectivity index (χ0v) is 32.6. The topological polar surface area (TPSA) is 395 Å². The normalized spacial score (nSPS) is 16.3. The molecule has 0 bridgehead atoms. The minimum atomic E-state index is -1.57. The Bertz CT molecular complexity index is 1780. The Labute approximate surface area is 346 Å². The van der Waals surface area contributed by atoms with Crippen molar-refractivity contribution in [2.24, 2.45) is 17.0 Å². The van der Waals surface area contributed by atoms with Gasteiger partial charge in [0.15, 0.2) is 0 Å². The number of carboxylic acid groups (broad SMARTS) is 6. The molecular weight excluding hydrogens is 814 g/mol. The van der Waals surface area contributed by atoms with Gasteiger partial charge >= 0.3 is 47.9 Å². The van der Waals surface area contributed by atoms with Crippen LogP contribution in [0, 0.1) is 11.8 Å². The van der Waals surface area contributed by atoms with Crippen LogP contribution >= 0.6 is 0 Å². The summed E-state index contributed by atoms with van der Waals surface area (Å²) >= 11 is 0. The van der Waals surface area contributed by atoms with Gasteiger partial charge in [-0.1, -0.05) is 5.11 Å². The number of nitrogens with one attached hydrogen (secondary N) is 4. The fraction of sp³-hybridized carbons (Fsp3) is 0.556. The third-order valence-corrected chi connectivity index (χ3v) is 10.2. The molecule has 2 aliphatic heterocycles.